The molecule has 2 heterocycles. The van der Waals surface area contributed by atoms with Crippen molar-refractivity contribution in [2.45, 2.75) is 39.2 Å². The van der Waals surface area contributed by atoms with Crippen LogP contribution in [-0.4, -0.2) is 20.5 Å². The molecule has 0 saturated heterocycles. The zero-order valence-corrected chi connectivity index (χ0v) is 7.95. The molecule has 0 aromatic carbocycles. The summed E-state index contributed by atoms with van der Waals surface area (Å²) in [5, 5.41) is 8.17. The van der Waals surface area contributed by atoms with Gasteiger partial charge in [0.1, 0.15) is 11.6 Å². The SMILES string of the molecule is CC(C)c1nnc2n1CC(=O)CC2. The van der Waals surface area contributed by atoms with Gasteiger partial charge in [-0.3, -0.25) is 4.79 Å². The van der Waals surface area contributed by atoms with Gasteiger partial charge in [0.25, 0.3) is 0 Å². The smallest absolute Gasteiger partial charge is 0.153 e. The maximum absolute atomic E-state index is 11.2. The van der Waals surface area contributed by atoms with Gasteiger partial charge in [-0.25, -0.2) is 0 Å². The van der Waals surface area contributed by atoms with Crippen LogP contribution in [0.4, 0.5) is 0 Å². The van der Waals surface area contributed by atoms with Gasteiger partial charge in [-0.1, -0.05) is 13.8 Å². The molecule has 0 amide bonds. The molecule has 70 valence electrons. The second-order valence-corrected chi connectivity index (χ2v) is 3.75. The fourth-order valence-electron chi connectivity index (χ4n) is 1.64. The lowest BCUT2D eigenvalue weighted by Gasteiger charge is -2.15. The monoisotopic (exact) mass is 179 g/mol. The highest BCUT2D eigenvalue weighted by molar-refractivity contribution is 5.79. The van der Waals surface area contributed by atoms with E-state index in [0.29, 0.717) is 18.9 Å². The van der Waals surface area contributed by atoms with Crippen LogP contribution >= 0.6 is 0 Å². The Morgan fingerprint density at radius 3 is 2.77 bits per heavy atom. The molecule has 0 spiro atoms. The zero-order chi connectivity index (χ0) is 9.42. The average molecular weight is 179 g/mol. The van der Waals surface area contributed by atoms with Crippen molar-refractivity contribution in [1.82, 2.24) is 14.8 Å². The van der Waals surface area contributed by atoms with Gasteiger partial charge in [0.2, 0.25) is 0 Å². The number of Topliss-reactive ketones (excluding diaryl/α,β-unsaturated/α-hetero) is 1. The highest BCUT2D eigenvalue weighted by Gasteiger charge is 2.21. The van der Waals surface area contributed by atoms with E-state index in [2.05, 4.69) is 24.0 Å². The Morgan fingerprint density at radius 1 is 1.31 bits per heavy atom. The van der Waals surface area contributed by atoms with E-state index in [1.54, 1.807) is 0 Å². The summed E-state index contributed by atoms with van der Waals surface area (Å²) in [5.74, 6) is 2.52. The number of rotatable bonds is 1. The molecule has 0 atom stereocenters. The predicted octanol–water partition coefficient (Wildman–Crippen LogP) is 0.917. The summed E-state index contributed by atoms with van der Waals surface area (Å²) < 4.78 is 1.95. The Bertz CT molecular complexity index is 341. The molecule has 0 radical (unpaired) electrons. The van der Waals surface area contributed by atoms with E-state index in [1.807, 2.05) is 4.57 Å². The lowest BCUT2D eigenvalue weighted by molar-refractivity contribution is -0.120. The average Bonchev–Trinajstić information content (AvgIpc) is 2.46. The van der Waals surface area contributed by atoms with E-state index in [1.165, 1.54) is 0 Å². The van der Waals surface area contributed by atoms with E-state index in [4.69, 9.17) is 0 Å². The number of nitrogens with zero attached hydrogens (tertiary/aromatic N) is 3. The number of aryl methyl sites for hydroxylation is 1. The quantitative estimate of drug-likeness (QED) is 0.644. The molecule has 4 heteroatoms. The lowest BCUT2D eigenvalue weighted by Crippen LogP contribution is -2.21. The van der Waals surface area contributed by atoms with Crippen LogP contribution in [0, 0.1) is 0 Å². The van der Waals surface area contributed by atoms with Crippen LogP contribution in [-0.2, 0) is 17.8 Å². The van der Waals surface area contributed by atoms with E-state index in [-0.39, 0.29) is 5.78 Å². The van der Waals surface area contributed by atoms with E-state index in [9.17, 15) is 4.79 Å². The summed E-state index contributed by atoms with van der Waals surface area (Å²) in [5.41, 5.74) is 0. The zero-order valence-electron chi connectivity index (χ0n) is 7.95. The third-order valence-electron chi connectivity index (χ3n) is 2.33. The fourth-order valence-corrected chi connectivity index (χ4v) is 1.64. The largest absolute Gasteiger partial charge is 0.307 e. The van der Waals surface area contributed by atoms with Crippen LogP contribution in [0.2, 0.25) is 0 Å². The summed E-state index contributed by atoms with van der Waals surface area (Å²) in [6.45, 7) is 4.60. The predicted molar refractivity (Wildman–Crippen MR) is 47.4 cm³/mol. The van der Waals surface area contributed by atoms with E-state index < -0.39 is 0 Å². The Hall–Kier alpha value is -1.19. The lowest BCUT2D eigenvalue weighted by atomic mass is 10.1. The molecule has 1 aliphatic rings. The van der Waals surface area contributed by atoms with Crippen LogP contribution < -0.4 is 0 Å². The molecule has 1 aromatic heterocycles. The first-order valence-electron chi connectivity index (χ1n) is 4.62. The molecular weight excluding hydrogens is 166 g/mol. The number of fused-ring (bicyclic) bond motifs is 1. The molecule has 0 saturated carbocycles. The molecule has 2 rings (SSSR count). The van der Waals surface area contributed by atoms with Crippen LogP contribution in [0.1, 0.15) is 37.8 Å². The maximum atomic E-state index is 11.2. The van der Waals surface area contributed by atoms with Gasteiger partial charge in [-0.05, 0) is 0 Å². The summed E-state index contributed by atoms with van der Waals surface area (Å²) in [6.07, 6.45) is 1.37. The van der Waals surface area contributed by atoms with E-state index >= 15 is 0 Å². The van der Waals surface area contributed by atoms with Crippen LogP contribution in [0.3, 0.4) is 0 Å². The first kappa shape index (κ1) is 8.41. The van der Waals surface area contributed by atoms with Gasteiger partial charge in [0, 0.05) is 18.8 Å². The third-order valence-corrected chi connectivity index (χ3v) is 2.33. The molecule has 0 N–H and O–H groups in total. The molecule has 1 aliphatic heterocycles. The van der Waals surface area contributed by atoms with Gasteiger partial charge in [-0.2, -0.15) is 0 Å². The second-order valence-electron chi connectivity index (χ2n) is 3.75. The molecule has 0 aliphatic carbocycles. The van der Waals surface area contributed by atoms with Crippen LogP contribution in [0.5, 0.6) is 0 Å². The Balaban J connectivity index is 2.41. The molecule has 0 bridgehead atoms. The van der Waals surface area contributed by atoms with Crippen molar-refractivity contribution < 1.29 is 4.79 Å². The number of hydrogen-bond acceptors (Lipinski definition) is 3. The first-order chi connectivity index (χ1) is 6.18. The normalized spacial score (nSPS) is 16.4. The maximum Gasteiger partial charge on any atom is 0.153 e. The van der Waals surface area contributed by atoms with Gasteiger partial charge in [0.05, 0.1) is 6.54 Å². The fraction of sp³-hybridized carbons (Fsp3) is 0.667. The van der Waals surface area contributed by atoms with Gasteiger partial charge < -0.3 is 4.57 Å². The van der Waals surface area contributed by atoms with Crippen molar-refractivity contribution in [2.24, 2.45) is 0 Å². The second kappa shape index (κ2) is 2.94. The van der Waals surface area contributed by atoms with Crippen molar-refractivity contribution in [3.63, 3.8) is 0 Å². The molecule has 0 unspecified atom stereocenters. The number of aromatic nitrogens is 3. The highest BCUT2D eigenvalue weighted by Crippen LogP contribution is 2.17. The standard InChI is InChI=1S/C9H13N3O/c1-6(2)9-11-10-8-4-3-7(13)5-12(8)9/h6H,3-5H2,1-2H3. The van der Waals surface area contributed by atoms with Crippen LogP contribution in [0.15, 0.2) is 0 Å². The number of carbonyl (C=O) groups is 1. The summed E-state index contributed by atoms with van der Waals surface area (Å²) in [6, 6.07) is 0. The van der Waals surface area contributed by atoms with Crippen molar-refractivity contribution >= 4 is 5.78 Å². The van der Waals surface area contributed by atoms with Crippen molar-refractivity contribution in [1.29, 1.82) is 0 Å². The number of ketones is 1. The van der Waals surface area contributed by atoms with Crippen molar-refractivity contribution in [3.05, 3.63) is 11.6 Å². The van der Waals surface area contributed by atoms with Crippen molar-refractivity contribution in [2.75, 3.05) is 0 Å². The van der Waals surface area contributed by atoms with Crippen LogP contribution in [0.25, 0.3) is 0 Å². The molecule has 13 heavy (non-hydrogen) atoms. The minimum absolute atomic E-state index is 0.286. The topological polar surface area (TPSA) is 47.8 Å². The molecule has 0 fully saturated rings. The van der Waals surface area contributed by atoms with Gasteiger partial charge in [-0.15, -0.1) is 10.2 Å². The van der Waals surface area contributed by atoms with Gasteiger partial charge in [0.15, 0.2) is 5.78 Å². The number of hydrogen-bond donors (Lipinski definition) is 0. The minimum Gasteiger partial charge on any atom is -0.307 e. The molecular formula is C9H13N3O. The molecule has 1 aromatic rings. The Labute approximate surface area is 77.0 Å². The molecule has 4 nitrogen and oxygen atoms in total. The Kier molecular flexibility index (Phi) is 1.90. The third kappa shape index (κ3) is 1.36. The number of carbonyl (C=O) groups excluding carboxylic acids is 1. The van der Waals surface area contributed by atoms with Crippen molar-refractivity contribution in [3.8, 4) is 0 Å². The van der Waals surface area contributed by atoms with E-state index in [0.717, 1.165) is 18.1 Å². The van der Waals surface area contributed by atoms with Gasteiger partial charge >= 0.3 is 0 Å². The Morgan fingerprint density at radius 2 is 2.08 bits per heavy atom. The summed E-state index contributed by atoms with van der Waals surface area (Å²) in [4.78, 5) is 11.2. The minimum atomic E-state index is 0.286. The summed E-state index contributed by atoms with van der Waals surface area (Å²) in [7, 11) is 0. The summed E-state index contributed by atoms with van der Waals surface area (Å²) >= 11 is 0. The first-order valence-corrected chi connectivity index (χ1v) is 4.62. The highest BCUT2D eigenvalue weighted by atomic mass is 16.1.